The number of carbonyl (C=O) groups is 1. The van der Waals surface area contributed by atoms with Crippen LogP contribution in [-0.4, -0.2) is 40.0 Å². The molecular formula is C10H16N4OS. The summed E-state index contributed by atoms with van der Waals surface area (Å²) in [5.74, 6) is 0.646. The van der Waals surface area contributed by atoms with Gasteiger partial charge in [0.15, 0.2) is 0 Å². The van der Waals surface area contributed by atoms with E-state index in [-0.39, 0.29) is 5.91 Å². The van der Waals surface area contributed by atoms with Gasteiger partial charge in [-0.1, -0.05) is 4.49 Å². The fourth-order valence-corrected chi connectivity index (χ4v) is 2.57. The van der Waals surface area contributed by atoms with Gasteiger partial charge in [-0.15, -0.1) is 5.10 Å². The summed E-state index contributed by atoms with van der Waals surface area (Å²) in [7, 11) is 0. The maximum Gasteiger partial charge on any atom is 0.267 e. The number of likely N-dealkylation sites (tertiary alicyclic amines) is 1. The fraction of sp³-hybridized carbons (Fsp3) is 0.700. The predicted molar refractivity (Wildman–Crippen MR) is 62.3 cm³/mol. The van der Waals surface area contributed by atoms with Crippen LogP contribution in [0.15, 0.2) is 0 Å². The lowest BCUT2D eigenvalue weighted by atomic mass is 9.97. The summed E-state index contributed by atoms with van der Waals surface area (Å²) in [6.07, 6.45) is 2.01. The zero-order valence-electron chi connectivity index (χ0n) is 9.35. The van der Waals surface area contributed by atoms with Gasteiger partial charge in [0.05, 0.1) is 5.69 Å². The molecule has 1 fully saturated rings. The lowest BCUT2D eigenvalue weighted by Gasteiger charge is -2.31. The maximum absolute atomic E-state index is 12.1. The zero-order chi connectivity index (χ0) is 11.5. The van der Waals surface area contributed by atoms with E-state index in [2.05, 4.69) is 9.59 Å². The first-order valence-electron chi connectivity index (χ1n) is 5.50. The molecule has 0 saturated carbocycles. The SMILES string of the molecule is Cc1nnsc1C(=O)N1CCC(CN)CC1. The number of nitrogens with zero attached hydrogens (tertiary/aromatic N) is 3. The second-order valence-electron chi connectivity index (χ2n) is 4.16. The van der Waals surface area contributed by atoms with Gasteiger partial charge < -0.3 is 10.6 Å². The van der Waals surface area contributed by atoms with Crippen LogP contribution in [0.1, 0.15) is 28.2 Å². The van der Waals surface area contributed by atoms with Crippen molar-refractivity contribution < 1.29 is 4.79 Å². The third-order valence-electron chi connectivity index (χ3n) is 3.08. The topological polar surface area (TPSA) is 72.1 Å². The number of hydrogen-bond donors (Lipinski definition) is 1. The third-order valence-corrected chi connectivity index (χ3v) is 3.90. The van der Waals surface area contributed by atoms with E-state index in [0.29, 0.717) is 10.8 Å². The Kier molecular flexibility index (Phi) is 3.50. The largest absolute Gasteiger partial charge is 0.338 e. The number of carbonyl (C=O) groups excluding carboxylic acids is 1. The van der Waals surface area contributed by atoms with E-state index in [1.807, 2.05) is 11.8 Å². The monoisotopic (exact) mass is 240 g/mol. The lowest BCUT2D eigenvalue weighted by Crippen LogP contribution is -2.40. The molecule has 0 spiro atoms. The number of amides is 1. The molecule has 1 amide bonds. The van der Waals surface area contributed by atoms with Crippen molar-refractivity contribution in [3.63, 3.8) is 0 Å². The van der Waals surface area contributed by atoms with Crippen molar-refractivity contribution in [1.82, 2.24) is 14.5 Å². The van der Waals surface area contributed by atoms with Crippen LogP contribution < -0.4 is 5.73 Å². The van der Waals surface area contributed by atoms with Crippen LogP contribution in [0, 0.1) is 12.8 Å². The third kappa shape index (κ3) is 2.22. The average Bonchev–Trinajstić information content (AvgIpc) is 2.75. The molecule has 0 aliphatic carbocycles. The van der Waals surface area contributed by atoms with E-state index in [9.17, 15) is 4.79 Å². The van der Waals surface area contributed by atoms with E-state index in [0.717, 1.165) is 38.2 Å². The van der Waals surface area contributed by atoms with Crippen molar-refractivity contribution in [1.29, 1.82) is 0 Å². The Bertz CT molecular complexity index is 371. The molecule has 1 saturated heterocycles. The van der Waals surface area contributed by atoms with Crippen LogP contribution in [0.5, 0.6) is 0 Å². The number of rotatable bonds is 2. The highest BCUT2D eigenvalue weighted by molar-refractivity contribution is 7.07. The van der Waals surface area contributed by atoms with Crippen LogP contribution >= 0.6 is 11.5 Å². The van der Waals surface area contributed by atoms with Gasteiger partial charge in [-0.05, 0) is 43.8 Å². The van der Waals surface area contributed by atoms with Crippen molar-refractivity contribution in [2.75, 3.05) is 19.6 Å². The lowest BCUT2D eigenvalue weighted by molar-refractivity contribution is 0.0697. The van der Waals surface area contributed by atoms with Gasteiger partial charge in [0, 0.05) is 13.1 Å². The molecule has 0 atom stereocenters. The fourth-order valence-electron chi connectivity index (χ4n) is 1.94. The number of hydrogen-bond acceptors (Lipinski definition) is 5. The van der Waals surface area contributed by atoms with Crippen molar-refractivity contribution in [3.05, 3.63) is 10.6 Å². The normalized spacial score (nSPS) is 17.8. The standard InChI is InChI=1S/C10H16N4OS/c1-7-9(16-13-12-7)10(15)14-4-2-8(6-11)3-5-14/h8H,2-6,11H2,1H3. The van der Waals surface area contributed by atoms with Crippen molar-refractivity contribution in [2.45, 2.75) is 19.8 Å². The van der Waals surface area contributed by atoms with Gasteiger partial charge in [0.1, 0.15) is 4.88 Å². The van der Waals surface area contributed by atoms with Gasteiger partial charge in [0.25, 0.3) is 5.91 Å². The Morgan fingerprint density at radius 1 is 1.56 bits per heavy atom. The smallest absolute Gasteiger partial charge is 0.267 e. The van der Waals surface area contributed by atoms with Crippen LogP contribution in [0.2, 0.25) is 0 Å². The van der Waals surface area contributed by atoms with Gasteiger partial charge in [-0.25, -0.2) is 0 Å². The molecule has 16 heavy (non-hydrogen) atoms. The summed E-state index contributed by atoms with van der Waals surface area (Å²) in [4.78, 5) is 14.7. The van der Waals surface area contributed by atoms with E-state index < -0.39 is 0 Å². The minimum absolute atomic E-state index is 0.0722. The van der Waals surface area contributed by atoms with Crippen LogP contribution in [0.25, 0.3) is 0 Å². The molecule has 1 aromatic rings. The summed E-state index contributed by atoms with van der Waals surface area (Å²) in [5.41, 5.74) is 6.35. The van der Waals surface area contributed by atoms with Gasteiger partial charge in [-0.3, -0.25) is 4.79 Å². The molecule has 0 radical (unpaired) electrons. The first-order valence-corrected chi connectivity index (χ1v) is 6.28. The quantitative estimate of drug-likeness (QED) is 0.824. The Labute approximate surface area is 98.8 Å². The molecule has 2 heterocycles. The second kappa shape index (κ2) is 4.88. The molecular weight excluding hydrogens is 224 g/mol. The first-order chi connectivity index (χ1) is 7.72. The van der Waals surface area contributed by atoms with Gasteiger partial charge in [0.2, 0.25) is 0 Å². The molecule has 2 N–H and O–H groups in total. The highest BCUT2D eigenvalue weighted by Gasteiger charge is 2.25. The van der Waals surface area contributed by atoms with Crippen LogP contribution in [0.3, 0.4) is 0 Å². The zero-order valence-corrected chi connectivity index (χ0v) is 10.2. The molecule has 2 rings (SSSR count). The minimum atomic E-state index is 0.0722. The van der Waals surface area contributed by atoms with Crippen molar-refractivity contribution in [3.8, 4) is 0 Å². The molecule has 0 bridgehead atoms. The molecule has 5 nitrogen and oxygen atoms in total. The number of aryl methyl sites for hydroxylation is 1. The Morgan fingerprint density at radius 3 is 2.75 bits per heavy atom. The molecule has 1 aromatic heterocycles. The molecule has 1 aliphatic heterocycles. The maximum atomic E-state index is 12.1. The molecule has 1 aliphatic rings. The Hall–Kier alpha value is -1.01. The average molecular weight is 240 g/mol. The first kappa shape index (κ1) is 11.5. The van der Waals surface area contributed by atoms with E-state index >= 15 is 0 Å². The predicted octanol–water partition coefficient (Wildman–Crippen LogP) is 0.657. The number of nitrogens with two attached hydrogens (primary N) is 1. The van der Waals surface area contributed by atoms with Crippen LogP contribution in [-0.2, 0) is 0 Å². The molecule has 0 unspecified atom stereocenters. The molecule has 6 heteroatoms. The molecule has 0 aromatic carbocycles. The summed E-state index contributed by atoms with van der Waals surface area (Å²) >= 11 is 1.18. The van der Waals surface area contributed by atoms with Gasteiger partial charge in [-0.2, -0.15) is 0 Å². The minimum Gasteiger partial charge on any atom is -0.338 e. The van der Waals surface area contributed by atoms with Gasteiger partial charge >= 0.3 is 0 Å². The summed E-state index contributed by atoms with van der Waals surface area (Å²) in [5, 5.41) is 3.86. The van der Waals surface area contributed by atoms with E-state index in [1.54, 1.807) is 0 Å². The van der Waals surface area contributed by atoms with Crippen LogP contribution in [0.4, 0.5) is 0 Å². The molecule has 88 valence electrons. The number of aromatic nitrogens is 2. The van der Waals surface area contributed by atoms with Crippen molar-refractivity contribution in [2.24, 2.45) is 11.7 Å². The Balaban J connectivity index is 2.00. The summed E-state index contributed by atoms with van der Waals surface area (Å²) < 4.78 is 3.79. The van der Waals surface area contributed by atoms with Crippen molar-refractivity contribution >= 4 is 17.4 Å². The highest BCUT2D eigenvalue weighted by atomic mass is 32.1. The summed E-state index contributed by atoms with van der Waals surface area (Å²) in [6, 6.07) is 0. The van der Waals surface area contributed by atoms with E-state index in [4.69, 9.17) is 5.73 Å². The number of piperidine rings is 1. The highest BCUT2D eigenvalue weighted by Crippen LogP contribution is 2.20. The summed E-state index contributed by atoms with van der Waals surface area (Å²) in [6.45, 7) is 4.16. The Morgan fingerprint density at radius 2 is 2.25 bits per heavy atom. The van der Waals surface area contributed by atoms with E-state index in [1.165, 1.54) is 11.5 Å². The second-order valence-corrected chi connectivity index (χ2v) is 4.91.